The van der Waals surface area contributed by atoms with Crippen LogP contribution in [0.15, 0.2) is 59.3 Å². The molecule has 0 unspecified atom stereocenters. The smallest absolute Gasteiger partial charge is 0.151 e. The molecule has 4 nitrogen and oxygen atoms in total. The van der Waals surface area contributed by atoms with Gasteiger partial charge in [0.25, 0.3) is 0 Å². The second-order valence-electron chi connectivity index (χ2n) is 5.66. The summed E-state index contributed by atoms with van der Waals surface area (Å²) in [5, 5.41) is 0.952. The van der Waals surface area contributed by atoms with Crippen molar-refractivity contribution in [1.82, 2.24) is 9.97 Å². The summed E-state index contributed by atoms with van der Waals surface area (Å²) in [5.74, 6) is -1.34. The molecule has 2 aromatic heterocycles. The summed E-state index contributed by atoms with van der Waals surface area (Å²) in [7, 11) is 0. The summed E-state index contributed by atoms with van der Waals surface area (Å²) < 4.78 is 27.5. The molecule has 1 N–H and O–H groups in total. The fourth-order valence-corrected chi connectivity index (χ4v) is 3.86. The lowest BCUT2D eigenvalue weighted by atomic mass is 10.1. The lowest BCUT2D eigenvalue weighted by molar-refractivity contribution is 0.181. The standard InChI is InChI=1S/C19H12BrF2N3OS/c20-11-1-4-16-14(7-11)19(24-10-23-16)18-6-3-13(27-18)9-26-25-17-5-2-12(21)8-15(17)22/h1-8,10,25H,9H2. The minimum absolute atomic E-state index is 0.0832. The zero-order valence-electron chi connectivity index (χ0n) is 13.7. The second-order valence-corrected chi connectivity index (χ2v) is 7.75. The van der Waals surface area contributed by atoms with Gasteiger partial charge in [-0.1, -0.05) is 15.9 Å². The van der Waals surface area contributed by atoms with E-state index in [-0.39, 0.29) is 12.3 Å². The van der Waals surface area contributed by atoms with Gasteiger partial charge in [0.15, 0.2) is 5.82 Å². The van der Waals surface area contributed by atoms with Crippen LogP contribution in [0.25, 0.3) is 21.5 Å². The highest BCUT2D eigenvalue weighted by Crippen LogP contribution is 2.32. The highest BCUT2D eigenvalue weighted by atomic mass is 79.9. The number of nitrogens with one attached hydrogen (secondary N) is 1. The van der Waals surface area contributed by atoms with Crippen LogP contribution >= 0.6 is 27.3 Å². The summed E-state index contributed by atoms with van der Waals surface area (Å²) in [5.41, 5.74) is 4.30. The van der Waals surface area contributed by atoms with Gasteiger partial charge in [0.1, 0.15) is 18.8 Å². The molecule has 4 aromatic rings. The molecule has 0 radical (unpaired) electrons. The molecule has 8 heteroatoms. The average molecular weight is 448 g/mol. The van der Waals surface area contributed by atoms with E-state index in [0.29, 0.717) is 0 Å². The Balaban J connectivity index is 1.50. The lowest BCUT2D eigenvalue weighted by Crippen LogP contribution is -2.02. The number of nitrogens with zero attached hydrogens (tertiary/aromatic N) is 2. The molecule has 0 aliphatic heterocycles. The summed E-state index contributed by atoms with van der Waals surface area (Å²) >= 11 is 5.00. The molecule has 2 heterocycles. The molecule has 0 fully saturated rings. The van der Waals surface area contributed by atoms with Gasteiger partial charge in [-0.2, -0.15) is 0 Å². The van der Waals surface area contributed by atoms with Gasteiger partial charge in [0, 0.05) is 20.8 Å². The predicted octanol–water partition coefficient (Wildman–Crippen LogP) is 5.94. The molecule has 0 aliphatic carbocycles. The van der Waals surface area contributed by atoms with Gasteiger partial charge in [-0.3, -0.25) is 10.3 Å². The third-order valence-electron chi connectivity index (χ3n) is 3.82. The molecule has 136 valence electrons. The number of hydrogen-bond acceptors (Lipinski definition) is 5. The van der Waals surface area contributed by atoms with Gasteiger partial charge in [-0.05, 0) is 42.5 Å². The number of halogens is 3. The van der Waals surface area contributed by atoms with Crippen LogP contribution in [0.5, 0.6) is 0 Å². The van der Waals surface area contributed by atoms with Crippen LogP contribution in [0.3, 0.4) is 0 Å². The van der Waals surface area contributed by atoms with Crippen LogP contribution < -0.4 is 5.48 Å². The summed E-state index contributed by atoms with van der Waals surface area (Å²) in [6.07, 6.45) is 1.54. The van der Waals surface area contributed by atoms with E-state index in [1.165, 1.54) is 17.4 Å². The van der Waals surface area contributed by atoms with Gasteiger partial charge in [-0.15, -0.1) is 11.3 Å². The molecular weight excluding hydrogens is 436 g/mol. The quantitative estimate of drug-likeness (QED) is 0.384. The van der Waals surface area contributed by atoms with Gasteiger partial charge >= 0.3 is 0 Å². The number of anilines is 1. The molecule has 27 heavy (non-hydrogen) atoms. The Morgan fingerprint density at radius 2 is 1.93 bits per heavy atom. The van der Waals surface area contributed by atoms with Crippen LogP contribution in [0, 0.1) is 11.6 Å². The zero-order chi connectivity index (χ0) is 18.8. The van der Waals surface area contributed by atoms with Gasteiger partial charge < -0.3 is 0 Å². The van der Waals surface area contributed by atoms with Crippen LogP contribution in [0.2, 0.25) is 0 Å². The third kappa shape index (κ3) is 3.97. The average Bonchev–Trinajstić information content (AvgIpc) is 3.11. The van der Waals surface area contributed by atoms with Crippen LogP contribution in [-0.2, 0) is 11.4 Å². The predicted molar refractivity (Wildman–Crippen MR) is 105 cm³/mol. The number of thiophene rings is 1. The van der Waals surface area contributed by atoms with Crippen molar-refractivity contribution < 1.29 is 13.6 Å². The molecule has 0 spiro atoms. The van der Waals surface area contributed by atoms with Crippen molar-refractivity contribution in [2.75, 3.05) is 5.48 Å². The maximum Gasteiger partial charge on any atom is 0.151 e. The first-order chi connectivity index (χ1) is 13.1. The number of fused-ring (bicyclic) bond motifs is 1. The van der Waals surface area contributed by atoms with Crippen molar-refractivity contribution in [3.63, 3.8) is 0 Å². The molecule has 0 saturated carbocycles. The van der Waals surface area contributed by atoms with Gasteiger partial charge in [0.2, 0.25) is 0 Å². The first-order valence-electron chi connectivity index (χ1n) is 7.92. The fourth-order valence-electron chi connectivity index (χ4n) is 2.57. The largest absolute Gasteiger partial charge is 0.270 e. The Labute approximate surface area is 165 Å². The maximum atomic E-state index is 13.6. The Bertz CT molecular complexity index is 1120. The summed E-state index contributed by atoms with van der Waals surface area (Å²) in [6, 6.07) is 13.0. The molecule has 0 amide bonds. The molecule has 0 aliphatic rings. The SMILES string of the molecule is Fc1ccc(NOCc2ccc(-c3ncnc4ccc(Br)cc34)s2)c(F)c1. The topological polar surface area (TPSA) is 47.0 Å². The molecule has 0 saturated heterocycles. The minimum atomic E-state index is -0.708. The normalized spacial score (nSPS) is 11.1. The van der Waals surface area contributed by atoms with Gasteiger partial charge in [0.05, 0.1) is 21.8 Å². The second kappa shape index (κ2) is 7.67. The minimum Gasteiger partial charge on any atom is -0.270 e. The zero-order valence-corrected chi connectivity index (χ0v) is 16.2. The van der Waals surface area contributed by atoms with Crippen LogP contribution in [-0.4, -0.2) is 9.97 Å². The van der Waals surface area contributed by atoms with Crippen molar-refractivity contribution in [3.8, 4) is 10.6 Å². The molecule has 0 atom stereocenters. The van der Waals surface area contributed by atoms with Crippen molar-refractivity contribution in [3.05, 3.63) is 75.8 Å². The van der Waals surface area contributed by atoms with E-state index in [1.54, 1.807) is 6.33 Å². The summed E-state index contributed by atoms with van der Waals surface area (Å²) in [4.78, 5) is 16.0. The van der Waals surface area contributed by atoms with E-state index in [1.807, 2.05) is 30.3 Å². The lowest BCUT2D eigenvalue weighted by Gasteiger charge is -2.07. The monoisotopic (exact) mass is 447 g/mol. The van der Waals surface area contributed by atoms with Crippen molar-refractivity contribution in [2.45, 2.75) is 6.61 Å². The number of aromatic nitrogens is 2. The van der Waals surface area contributed by atoms with Crippen molar-refractivity contribution in [2.24, 2.45) is 0 Å². The number of benzene rings is 2. The Hall–Kier alpha value is -2.42. The number of hydrogen-bond donors (Lipinski definition) is 1. The van der Waals surface area contributed by atoms with E-state index in [9.17, 15) is 8.78 Å². The first-order valence-corrected chi connectivity index (χ1v) is 9.53. The Morgan fingerprint density at radius 3 is 2.78 bits per heavy atom. The highest BCUT2D eigenvalue weighted by Gasteiger charge is 2.10. The van der Waals surface area contributed by atoms with Crippen LogP contribution in [0.4, 0.5) is 14.5 Å². The van der Waals surface area contributed by atoms with E-state index in [4.69, 9.17) is 4.84 Å². The van der Waals surface area contributed by atoms with E-state index in [2.05, 4.69) is 31.4 Å². The molecule has 0 bridgehead atoms. The molecule has 2 aromatic carbocycles. The van der Waals surface area contributed by atoms with E-state index < -0.39 is 11.6 Å². The molecular formula is C19H12BrF2N3OS. The van der Waals surface area contributed by atoms with E-state index >= 15 is 0 Å². The van der Waals surface area contributed by atoms with Gasteiger partial charge in [-0.25, -0.2) is 18.7 Å². The van der Waals surface area contributed by atoms with Crippen LogP contribution in [0.1, 0.15) is 4.88 Å². The Kier molecular flexibility index (Phi) is 5.11. The highest BCUT2D eigenvalue weighted by molar-refractivity contribution is 9.10. The van der Waals surface area contributed by atoms with Crippen molar-refractivity contribution in [1.29, 1.82) is 0 Å². The Morgan fingerprint density at radius 1 is 1.04 bits per heavy atom. The first kappa shape index (κ1) is 18.0. The molecule has 4 rings (SSSR count). The summed E-state index contributed by atoms with van der Waals surface area (Å²) in [6.45, 7) is 0.230. The number of rotatable bonds is 5. The maximum absolute atomic E-state index is 13.6. The van der Waals surface area contributed by atoms with Crippen molar-refractivity contribution >= 4 is 43.9 Å². The van der Waals surface area contributed by atoms with E-state index in [0.717, 1.165) is 43.0 Å². The fraction of sp³-hybridized carbons (Fsp3) is 0.0526. The third-order valence-corrected chi connectivity index (χ3v) is 5.38.